The molecule has 4 nitrogen and oxygen atoms in total. The molecule has 0 spiro atoms. The highest BCUT2D eigenvalue weighted by Crippen LogP contribution is 2.37. The molecule has 0 N–H and O–H groups in total. The van der Waals surface area contributed by atoms with Crippen molar-refractivity contribution in [3.05, 3.63) is 0 Å². The van der Waals surface area contributed by atoms with Crippen LogP contribution in [0.2, 0.25) is 0 Å². The summed E-state index contributed by atoms with van der Waals surface area (Å²) in [6.45, 7) is 5.91. The second kappa shape index (κ2) is 2.72. The number of ether oxygens (including phenoxy) is 1. The Labute approximate surface area is 83.2 Å². The number of esters is 1. The lowest BCUT2D eigenvalue weighted by atomic mass is 9.93. The first-order valence-corrected chi connectivity index (χ1v) is 4.93. The SMILES string of the molecule is CC(C)(C)[C@H]1OC(=O)[C@H]2CCC(=O)N21. The van der Waals surface area contributed by atoms with Crippen LogP contribution >= 0.6 is 0 Å². The van der Waals surface area contributed by atoms with Crippen LogP contribution in [0.5, 0.6) is 0 Å². The molecule has 0 aromatic heterocycles. The molecule has 2 fully saturated rings. The molecule has 2 atom stereocenters. The van der Waals surface area contributed by atoms with Gasteiger partial charge in [-0.15, -0.1) is 0 Å². The van der Waals surface area contributed by atoms with E-state index in [4.69, 9.17) is 4.74 Å². The zero-order valence-electron chi connectivity index (χ0n) is 8.74. The molecule has 2 aliphatic rings. The lowest BCUT2D eigenvalue weighted by Crippen LogP contribution is -2.43. The molecule has 0 bridgehead atoms. The molecule has 14 heavy (non-hydrogen) atoms. The lowest BCUT2D eigenvalue weighted by molar-refractivity contribution is -0.151. The standard InChI is InChI=1S/C10H15NO3/c1-10(2,3)9-11-6(8(13)14-9)4-5-7(11)12/h6,9H,4-5H2,1-3H3/t6-,9-/m1/s1. The topological polar surface area (TPSA) is 46.6 Å². The fourth-order valence-corrected chi connectivity index (χ4v) is 2.07. The van der Waals surface area contributed by atoms with Crippen LogP contribution in [0.4, 0.5) is 0 Å². The third-order valence-electron chi connectivity index (χ3n) is 2.75. The number of rotatable bonds is 0. The maximum Gasteiger partial charge on any atom is 0.330 e. The van der Waals surface area contributed by atoms with Crippen LogP contribution in [-0.4, -0.2) is 29.0 Å². The van der Waals surface area contributed by atoms with Gasteiger partial charge in [0.2, 0.25) is 5.91 Å². The summed E-state index contributed by atoms with van der Waals surface area (Å²) < 4.78 is 5.23. The van der Waals surface area contributed by atoms with Gasteiger partial charge in [0.05, 0.1) is 0 Å². The number of hydrogen-bond donors (Lipinski definition) is 0. The minimum atomic E-state index is -0.380. The fourth-order valence-electron chi connectivity index (χ4n) is 2.07. The maximum absolute atomic E-state index is 11.6. The van der Waals surface area contributed by atoms with Gasteiger partial charge in [-0.1, -0.05) is 20.8 Å². The molecule has 0 aromatic rings. The smallest absolute Gasteiger partial charge is 0.330 e. The van der Waals surface area contributed by atoms with Crippen LogP contribution in [0.25, 0.3) is 0 Å². The highest BCUT2D eigenvalue weighted by molar-refractivity contribution is 5.90. The summed E-state index contributed by atoms with van der Waals surface area (Å²) in [5.74, 6) is -0.198. The van der Waals surface area contributed by atoms with Gasteiger partial charge in [0.25, 0.3) is 0 Å². The molecule has 0 unspecified atom stereocenters. The average molecular weight is 197 g/mol. The summed E-state index contributed by atoms with van der Waals surface area (Å²) in [7, 11) is 0. The maximum atomic E-state index is 11.6. The van der Waals surface area contributed by atoms with Crippen LogP contribution in [-0.2, 0) is 14.3 Å². The second-order valence-electron chi connectivity index (χ2n) is 5.01. The number of amides is 1. The first kappa shape index (κ1) is 9.49. The van der Waals surface area contributed by atoms with Gasteiger partial charge in [0, 0.05) is 11.8 Å². The van der Waals surface area contributed by atoms with E-state index in [9.17, 15) is 9.59 Å². The van der Waals surface area contributed by atoms with Gasteiger partial charge in [-0.25, -0.2) is 4.79 Å². The molecular weight excluding hydrogens is 182 g/mol. The van der Waals surface area contributed by atoms with E-state index in [1.165, 1.54) is 0 Å². The molecule has 2 saturated heterocycles. The van der Waals surface area contributed by atoms with Crippen molar-refractivity contribution in [2.45, 2.75) is 45.9 Å². The normalized spacial score (nSPS) is 32.1. The average Bonchev–Trinajstić information content (AvgIpc) is 2.54. The largest absolute Gasteiger partial charge is 0.439 e. The number of fused-ring (bicyclic) bond motifs is 1. The Hall–Kier alpha value is -1.06. The third kappa shape index (κ3) is 1.21. The molecule has 78 valence electrons. The first-order chi connectivity index (χ1) is 6.41. The van der Waals surface area contributed by atoms with Crippen LogP contribution in [0.15, 0.2) is 0 Å². The summed E-state index contributed by atoms with van der Waals surface area (Å²) >= 11 is 0. The molecule has 2 aliphatic heterocycles. The van der Waals surface area contributed by atoms with Gasteiger partial charge in [-0.2, -0.15) is 0 Å². The fraction of sp³-hybridized carbons (Fsp3) is 0.800. The van der Waals surface area contributed by atoms with E-state index < -0.39 is 0 Å². The van der Waals surface area contributed by atoms with E-state index in [1.54, 1.807) is 4.90 Å². The number of nitrogens with zero attached hydrogens (tertiary/aromatic N) is 1. The Bertz CT molecular complexity index is 290. The van der Waals surface area contributed by atoms with Crippen molar-refractivity contribution in [1.82, 2.24) is 4.90 Å². The highest BCUT2D eigenvalue weighted by Gasteiger charge is 2.52. The van der Waals surface area contributed by atoms with Crippen molar-refractivity contribution >= 4 is 11.9 Å². The molecule has 4 heteroatoms. The quantitative estimate of drug-likeness (QED) is 0.542. The zero-order chi connectivity index (χ0) is 10.5. The van der Waals surface area contributed by atoms with Crippen molar-refractivity contribution in [3.8, 4) is 0 Å². The predicted molar refractivity (Wildman–Crippen MR) is 49.2 cm³/mol. The zero-order valence-corrected chi connectivity index (χ0v) is 8.74. The van der Waals surface area contributed by atoms with E-state index >= 15 is 0 Å². The van der Waals surface area contributed by atoms with Crippen molar-refractivity contribution in [2.24, 2.45) is 5.41 Å². The van der Waals surface area contributed by atoms with Gasteiger partial charge in [-0.05, 0) is 6.42 Å². The van der Waals surface area contributed by atoms with Gasteiger partial charge in [-0.3, -0.25) is 9.69 Å². The summed E-state index contributed by atoms with van der Waals surface area (Å²) in [6.07, 6.45) is 0.714. The van der Waals surface area contributed by atoms with E-state index in [-0.39, 0.29) is 29.6 Å². The van der Waals surface area contributed by atoms with Crippen LogP contribution < -0.4 is 0 Å². The third-order valence-corrected chi connectivity index (χ3v) is 2.75. The van der Waals surface area contributed by atoms with E-state index in [1.807, 2.05) is 20.8 Å². The molecular formula is C10H15NO3. The molecule has 0 aliphatic carbocycles. The number of carbonyl (C=O) groups is 2. The van der Waals surface area contributed by atoms with Crippen molar-refractivity contribution in [2.75, 3.05) is 0 Å². The Kier molecular flexibility index (Phi) is 1.84. The molecule has 0 saturated carbocycles. The lowest BCUT2D eigenvalue weighted by Gasteiger charge is -2.31. The molecule has 0 radical (unpaired) electrons. The summed E-state index contributed by atoms with van der Waals surface area (Å²) in [5.41, 5.74) is -0.204. The number of carbonyl (C=O) groups excluding carboxylic acids is 2. The van der Waals surface area contributed by atoms with Gasteiger partial charge in [0.15, 0.2) is 6.23 Å². The Morgan fingerprint density at radius 2 is 2.00 bits per heavy atom. The summed E-state index contributed by atoms with van der Waals surface area (Å²) in [6, 6.07) is -0.313. The molecule has 2 heterocycles. The second-order valence-corrected chi connectivity index (χ2v) is 5.01. The summed E-state index contributed by atoms with van der Waals surface area (Å²) in [5, 5.41) is 0. The van der Waals surface area contributed by atoms with Crippen LogP contribution in [0.1, 0.15) is 33.6 Å². The van der Waals surface area contributed by atoms with Crippen LogP contribution in [0, 0.1) is 5.41 Å². The molecule has 0 aromatic carbocycles. The minimum Gasteiger partial charge on any atom is -0.439 e. The van der Waals surface area contributed by atoms with Gasteiger partial charge < -0.3 is 4.74 Å². The van der Waals surface area contributed by atoms with Crippen molar-refractivity contribution < 1.29 is 14.3 Å². The van der Waals surface area contributed by atoms with E-state index in [0.717, 1.165) is 0 Å². The van der Waals surface area contributed by atoms with E-state index in [0.29, 0.717) is 12.8 Å². The molecule has 1 amide bonds. The first-order valence-electron chi connectivity index (χ1n) is 4.93. The number of cyclic esters (lactones) is 1. The Morgan fingerprint density at radius 3 is 2.57 bits per heavy atom. The van der Waals surface area contributed by atoms with Gasteiger partial charge >= 0.3 is 5.97 Å². The minimum absolute atomic E-state index is 0.0424. The predicted octanol–water partition coefficient (Wildman–Crippen LogP) is 0.906. The van der Waals surface area contributed by atoms with Crippen LogP contribution in [0.3, 0.4) is 0 Å². The summed E-state index contributed by atoms with van der Waals surface area (Å²) in [4.78, 5) is 24.6. The number of hydrogen-bond acceptors (Lipinski definition) is 3. The van der Waals surface area contributed by atoms with Gasteiger partial charge in [0.1, 0.15) is 6.04 Å². The Balaban J connectivity index is 2.29. The molecule has 2 rings (SSSR count). The van der Waals surface area contributed by atoms with E-state index in [2.05, 4.69) is 0 Å². The van der Waals surface area contributed by atoms with Crippen molar-refractivity contribution in [3.63, 3.8) is 0 Å². The highest BCUT2D eigenvalue weighted by atomic mass is 16.6. The Morgan fingerprint density at radius 1 is 1.36 bits per heavy atom. The van der Waals surface area contributed by atoms with Crippen molar-refractivity contribution in [1.29, 1.82) is 0 Å². The monoisotopic (exact) mass is 197 g/mol.